The highest BCUT2D eigenvalue weighted by molar-refractivity contribution is 5.91. The van der Waals surface area contributed by atoms with Gasteiger partial charge in [0, 0.05) is 19.6 Å². The maximum atomic E-state index is 12.1. The summed E-state index contributed by atoms with van der Waals surface area (Å²) in [5.41, 5.74) is 0.303. The zero-order valence-electron chi connectivity index (χ0n) is 15.1. The van der Waals surface area contributed by atoms with Gasteiger partial charge in [0.05, 0.1) is 12.3 Å². The first-order chi connectivity index (χ1) is 11.4. The third-order valence-corrected chi connectivity index (χ3v) is 4.55. The fourth-order valence-corrected chi connectivity index (χ4v) is 2.81. The molecule has 1 atom stereocenters. The molecule has 1 amide bonds. The van der Waals surface area contributed by atoms with Gasteiger partial charge in [-0.25, -0.2) is 0 Å². The largest absolute Gasteiger partial charge is 0.390 e. The van der Waals surface area contributed by atoms with Crippen molar-refractivity contribution in [3.8, 4) is 0 Å². The van der Waals surface area contributed by atoms with Crippen molar-refractivity contribution in [2.24, 2.45) is 11.8 Å². The maximum Gasteiger partial charge on any atom is 0.273 e. The van der Waals surface area contributed by atoms with Crippen molar-refractivity contribution in [3.05, 3.63) is 11.9 Å². The van der Waals surface area contributed by atoms with Crippen LogP contribution in [0.2, 0.25) is 0 Å². The molecule has 0 radical (unpaired) electrons. The summed E-state index contributed by atoms with van der Waals surface area (Å²) in [7, 11) is 0. The molecule has 0 aliphatic carbocycles. The number of β-amino-alcohol motifs (C(OH)–C–C–N with tert-alkyl or cyclic N) is 1. The van der Waals surface area contributed by atoms with Gasteiger partial charge in [0.15, 0.2) is 5.69 Å². The van der Waals surface area contributed by atoms with Gasteiger partial charge in [0.1, 0.15) is 0 Å². The fourth-order valence-electron chi connectivity index (χ4n) is 2.81. The summed E-state index contributed by atoms with van der Waals surface area (Å²) < 4.78 is 1.69. The molecule has 24 heavy (non-hydrogen) atoms. The number of carbonyl (C=O) groups excluding carboxylic acids is 1. The summed E-state index contributed by atoms with van der Waals surface area (Å²) in [4.78, 5) is 14.3. The average molecular weight is 337 g/mol. The van der Waals surface area contributed by atoms with E-state index in [1.54, 1.807) is 10.9 Å². The van der Waals surface area contributed by atoms with Crippen LogP contribution >= 0.6 is 0 Å². The van der Waals surface area contributed by atoms with Crippen LogP contribution in [0.5, 0.6) is 0 Å². The van der Waals surface area contributed by atoms with Crippen LogP contribution in [-0.2, 0) is 6.54 Å². The first kappa shape index (κ1) is 18.9. The molecule has 136 valence electrons. The SMILES string of the molecule is CC(C)CCn1cc(C(=O)NCC(O)CN2CCC(C)CC2)nn1. The number of hydrogen-bond acceptors (Lipinski definition) is 5. The highest BCUT2D eigenvalue weighted by atomic mass is 16.3. The van der Waals surface area contributed by atoms with Crippen LogP contribution in [0.25, 0.3) is 0 Å². The molecule has 1 aromatic rings. The molecule has 1 aliphatic rings. The van der Waals surface area contributed by atoms with Gasteiger partial charge in [-0.15, -0.1) is 5.10 Å². The first-order valence-electron chi connectivity index (χ1n) is 9.02. The molecule has 0 aromatic carbocycles. The van der Waals surface area contributed by atoms with Gasteiger partial charge in [-0.05, 0) is 44.2 Å². The molecule has 7 nitrogen and oxygen atoms in total. The normalized spacial score (nSPS) is 18.0. The smallest absolute Gasteiger partial charge is 0.273 e. The molecule has 0 bridgehead atoms. The number of amides is 1. The lowest BCUT2D eigenvalue weighted by Crippen LogP contribution is -2.43. The molecule has 1 aliphatic heterocycles. The molecule has 7 heteroatoms. The van der Waals surface area contributed by atoms with E-state index < -0.39 is 6.10 Å². The highest BCUT2D eigenvalue weighted by Crippen LogP contribution is 2.15. The van der Waals surface area contributed by atoms with E-state index >= 15 is 0 Å². The quantitative estimate of drug-likeness (QED) is 0.743. The lowest BCUT2D eigenvalue weighted by Gasteiger charge is -2.31. The average Bonchev–Trinajstić information content (AvgIpc) is 3.02. The highest BCUT2D eigenvalue weighted by Gasteiger charge is 2.19. The molecule has 1 saturated heterocycles. The van der Waals surface area contributed by atoms with Crippen LogP contribution in [0.4, 0.5) is 0 Å². The van der Waals surface area contributed by atoms with E-state index in [0.717, 1.165) is 32.0 Å². The Morgan fingerprint density at radius 3 is 2.79 bits per heavy atom. The number of aromatic nitrogens is 3. The Bertz CT molecular complexity index is 509. The second-order valence-electron chi connectivity index (χ2n) is 7.40. The predicted molar refractivity (Wildman–Crippen MR) is 92.7 cm³/mol. The van der Waals surface area contributed by atoms with E-state index in [0.29, 0.717) is 18.2 Å². The molecule has 0 spiro atoms. The second kappa shape index (κ2) is 9.13. The lowest BCUT2D eigenvalue weighted by molar-refractivity contribution is 0.0792. The number of rotatable bonds is 8. The van der Waals surface area contributed by atoms with Crippen molar-refractivity contribution in [3.63, 3.8) is 0 Å². The number of aliphatic hydroxyl groups excluding tert-OH is 1. The van der Waals surface area contributed by atoms with Crippen LogP contribution < -0.4 is 5.32 Å². The molecule has 1 aromatic heterocycles. The number of nitrogens with zero attached hydrogens (tertiary/aromatic N) is 4. The number of likely N-dealkylation sites (tertiary alicyclic amines) is 1. The van der Waals surface area contributed by atoms with Crippen LogP contribution in [-0.4, -0.2) is 63.2 Å². The number of carbonyl (C=O) groups is 1. The van der Waals surface area contributed by atoms with Gasteiger partial charge in [-0.2, -0.15) is 0 Å². The van der Waals surface area contributed by atoms with Crippen molar-refractivity contribution in [1.29, 1.82) is 0 Å². The van der Waals surface area contributed by atoms with Crippen LogP contribution in [0.15, 0.2) is 6.20 Å². The zero-order valence-corrected chi connectivity index (χ0v) is 15.1. The minimum atomic E-state index is -0.557. The lowest BCUT2D eigenvalue weighted by atomic mass is 9.99. The molecule has 2 heterocycles. The topological polar surface area (TPSA) is 83.3 Å². The van der Waals surface area contributed by atoms with Crippen molar-refractivity contribution >= 4 is 5.91 Å². The minimum absolute atomic E-state index is 0.240. The van der Waals surface area contributed by atoms with Gasteiger partial charge >= 0.3 is 0 Å². The van der Waals surface area contributed by atoms with E-state index in [2.05, 4.69) is 41.3 Å². The third-order valence-electron chi connectivity index (χ3n) is 4.55. The Balaban J connectivity index is 1.70. The molecule has 1 unspecified atom stereocenters. The summed E-state index contributed by atoms with van der Waals surface area (Å²) in [6.07, 6.45) is 4.46. The van der Waals surface area contributed by atoms with E-state index in [4.69, 9.17) is 0 Å². The summed E-state index contributed by atoms with van der Waals surface area (Å²) in [6.45, 7) is 10.2. The van der Waals surface area contributed by atoms with E-state index in [1.807, 2.05) is 0 Å². The number of hydrogen-bond donors (Lipinski definition) is 2. The van der Waals surface area contributed by atoms with Crippen LogP contribution in [0.1, 0.15) is 50.5 Å². The Morgan fingerprint density at radius 2 is 2.12 bits per heavy atom. The summed E-state index contributed by atoms with van der Waals surface area (Å²) in [5.74, 6) is 1.08. The summed E-state index contributed by atoms with van der Waals surface area (Å²) in [5, 5.41) is 20.7. The fraction of sp³-hybridized carbons (Fsp3) is 0.824. The maximum absolute atomic E-state index is 12.1. The minimum Gasteiger partial charge on any atom is -0.390 e. The zero-order chi connectivity index (χ0) is 17.5. The Hall–Kier alpha value is -1.47. The molecular weight excluding hydrogens is 306 g/mol. The first-order valence-corrected chi connectivity index (χ1v) is 9.02. The molecule has 1 fully saturated rings. The van der Waals surface area contributed by atoms with Gasteiger partial charge in [0.2, 0.25) is 0 Å². The Morgan fingerprint density at radius 1 is 1.42 bits per heavy atom. The van der Waals surface area contributed by atoms with Gasteiger partial charge in [-0.1, -0.05) is 26.0 Å². The molecule has 2 N–H and O–H groups in total. The van der Waals surface area contributed by atoms with E-state index in [-0.39, 0.29) is 12.5 Å². The predicted octanol–water partition coefficient (Wildman–Crippen LogP) is 1.15. The van der Waals surface area contributed by atoms with E-state index in [1.165, 1.54) is 12.8 Å². The third kappa shape index (κ3) is 6.20. The molecule has 2 rings (SSSR count). The van der Waals surface area contributed by atoms with Crippen LogP contribution in [0.3, 0.4) is 0 Å². The van der Waals surface area contributed by atoms with Crippen LogP contribution in [0, 0.1) is 11.8 Å². The van der Waals surface area contributed by atoms with E-state index in [9.17, 15) is 9.90 Å². The number of nitrogens with one attached hydrogen (secondary N) is 1. The van der Waals surface area contributed by atoms with Gasteiger partial charge in [0.25, 0.3) is 5.91 Å². The standard InChI is InChI=1S/C17H31N5O2/c1-13(2)4-9-22-12-16(19-20-22)17(24)18-10-15(23)11-21-7-5-14(3)6-8-21/h12-15,23H,4-11H2,1-3H3,(H,18,24). The molecule has 0 saturated carbocycles. The molecular formula is C17H31N5O2. The van der Waals surface area contributed by atoms with Crippen molar-refractivity contribution < 1.29 is 9.90 Å². The van der Waals surface area contributed by atoms with Gasteiger partial charge < -0.3 is 15.3 Å². The summed E-state index contributed by atoms with van der Waals surface area (Å²) in [6, 6.07) is 0. The summed E-state index contributed by atoms with van der Waals surface area (Å²) >= 11 is 0. The monoisotopic (exact) mass is 337 g/mol. The number of aryl methyl sites for hydroxylation is 1. The van der Waals surface area contributed by atoms with Crippen molar-refractivity contribution in [1.82, 2.24) is 25.2 Å². The van der Waals surface area contributed by atoms with Crippen molar-refractivity contribution in [2.75, 3.05) is 26.2 Å². The Kier molecular flexibility index (Phi) is 7.17. The Labute approximate surface area is 144 Å². The number of piperidine rings is 1. The second-order valence-corrected chi connectivity index (χ2v) is 7.40. The van der Waals surface area contributed by atoms with Crippen molar-refractivity contribution in [2.45, 2.75) is 52.7 Å². The number of aliphatic hydroxyl groups is 1. The van der Waals surface area contributed by atoms with Gasteiger partial charge in [-0.3, -0.25) is 9.48 Å².